The van der Waals surface area contributed by atoms with Crippen LogP contribution in [0.5, 0.6) is 0 Å². The number of hydrogen-bond acceptors (Lipinski definition) is 3. The summed E-state index contributed by atoms with van der Waals surface area (Å²) in [6.45, 7) is 6.36. The van der Waals surface area contributed by atoms with Gasteiger partial charge in [0, 0.05) is 5.75 Å². The normalized spacial score (nSPS) is 12.0. The van der Waals surface area contributed by atoms with Crippen LogP contribution in [0.15, 0.2) is 91.0 Å². The maximum atomic E-state index is 12.8. The number of thioether (sulfide) groups is 1. The molecule has 0 amide bonds. The Morgan fingerprint density at radius 3 is 1.53 bits per heavy atom. The fraction of sp³-hybridized carbons (Fsp3) is 0.296. The largest absolute Gasteiger partial charge is 0.360 e. The highest BCUT2D eigenvalue weighted by atomic mass is 32.2. The van der Waals surface area contributed by atoms with Crippen molar-refractivity contribution in [2.24, 2.45) is 5.41 Å². The first-order chi connectivity index (χ1) is 14.5. The van der Waals surface area contributed by atoms with E-state index in [4.69, 9.17) is 4.74 Å². The zero-order valence-corrected chi connectivity index (χ0v) is 18.8. The molecule has 2 nitrogen and oxygen atoms in total. The van der Waals surface area contributed by atoms with Crippen molar-refractivity contribution in [2.45, 2.75) is 32.8 Å². The van der Waals surface area contributed by atoms with Crippen molar-refractivity contribution in [1.29, 1.82) is 0 Å². The van der Waals surface area contributed by atoms with Crippen molar-refractivity contribution in [1.82, 2.24) is 0 Å². The lowest BCUT2D eigenvalue weighted by Crippen LogP contribution is -2.38. The van der Waals surface area contributed by atoms with Gasteiger partial charge in [-0.3, -0.25) is 4.79 Å². The third-order valence-corrected chi connectivity index (χ3v) is 6.61. The van der Waals surface area contributed by atoms with Gasteiger partial charge in [-0.2, -0.15) is 0 Å². The quantitative estimate of drug-likeness (QED) is 0.362. The molecule has 0 atom stereocenters. The van der Waals surface area contributed by atoms with Gasteiger partial charge >= 0.3 is 0 Å². The number of ether oxygens (including phenoxy) is 1. The molecule has 0 unspecified atom stereocenters. The summed E-state index contributed by atoms with van der Waals surface area (Å²) in [5.74, 6) is 0.837. The zero-order chi connectivity index (χ0) is 21.5. The second kappa shape index (κ2) is 10.1. The minimum atomic E-state index is -0.795. The van der Waals surface area contributed by atoms with Crippen molar-refractivity contribution in [2.75, 3.05) is 12.4 Å². The Labute approximate surface area is 184 Å². The van der Waals surface area contributed by atoms with E-state index in [0.717, 1.165) is 28.9 Å². The van der Waals surface area contributed by atoms with Crippen LogP contribution < -0.4 is 0 Å². The summed E-state index contributed by atoms with van der Waals surface area (Å²) >= 11 is 1.40. The highest BCUT2D eigenvalue weighted by Gasteiger charge is 2.40. The fourth-order valence-electron chi connectivity index (χ4n) is 3.51. The van der Waals surface area contributed by atoms with Crippen molar-refractivity contribution < 1.29 is 9.53 Å². The molecular formula is C27H30O2S. The predicted octanol–water partition coefficient (Wildman–Crippen LogP) is 6.69. The monoisotopic (exact) mass is 418 g/mol. The molecule has 156 valence electrons. The second-order valence-corrected chi connectivity index (χ2v) is 9.16. The van der Waals surface area contributed by atoms with Crippen LogP contribution in [0.25, 0.3) is 0 Å². The number of benzene rings is 3. The first-order valence-corrected chi connectivity index (χ1v) is 11.5. The van der Waals surface area contributed by atoms with Crippen LogP contribution in [0.1, 0.15) is 43.9 Å². The van der Waals surface area contributed by atoms with E-state index in [1.54, 1.807) is 0 Å². The lowest BCUT2D eigenvalue weighted by molar-refractivity contribution is -0.124. The van der Waals surface area contributed by atoms with E-state index < -0.39 is 11.0 Å². The molecule has 0 bridgehead atoms. The molecule has 0 aliphatic heterocycles. The van der Waals surface area contributed by atoms with Gasteiger partial charge in [-0.05, 0) is 37.0 Å². The second-order valence-electron chi connectivity index (χ2n) is 8.09. The van der Waals surface area contributed by atoms with Gasteiger partial charge in [-0.1, -0.05) is 110 Å². The zero-order valence-electron chi connectivity index (χ0n) is 18.0. The van der Waals surface area contributed by atoms with Crippen molar-refractivity contribution in [3.8, 4) is 0 Å². The van der Waals surface area contributed by atoms with Gasteiger partial charge in [0.15, 0.2) is 5.12 Å². The van der Waals surface area contributed by atoms with E-state index in [2.05, 4.69) is 43.3 Å². The van der Waals surface area contributed by atoms with Gasteiger partial charge in [-0.25, -0.2) is 0 Å². The molecule has 0 radical (unpaired) electrons. The van der Waals surface area contributed by atoms with Gasteiger partial charge in [0.2, 0.25) is 0 Å². The van der Waals surface area contributed by atoms with E-state index in [1.807, 2.05) is 68.4 Å². The number of carbonyl (C=O) groups excluding carboxylic acids is 1. The summed E-state index contributed by atoms with van der Waals surface area (Å²) in [6, 6.07) is 30.8. The number of carbonyl (C=O) groups is 1. The molecule has 30 heavy (non-hydrogen) atoms. The minimum absolute atomic E-state index is 0.174. The first-order valence-electron chi connectivity index (χ1n) is 10.5. The predicted molar refractivity (Wildman–Crippen MR) is 127 cm³/mol. The summed E-state index contributed by atoms with van der Waals surface area (Å²) in [5.41, 5.74) is 1.76. The summed E-state index contributed by atoms with van der Waals surface area (Å²) in [5, 5.41) is 0.174. The Balaban J connectivity index is 2.09. The van der Waals surface area contributed by atoms with Crippen molar-refractivity contribution in [3.63, 3.8) is 0 Å². The number of hydrogen-bond donors (Lipinski definition) is 0. The first kappa shape index (κ1) is 22.3. The average molecular weight is 419 g/mol. The van der Waals surface area contributed by atoms with Crippen LogP contribution in [0.2, 0.25) is 0 Å². The van der Waals surface area contributed by atoms with E-state index >= 15 is 0 Å². The summed E-state index contributed by atoms with van der Waals surface area (Å²) in [4.78, 5) is 12.8. The van der Waals surface area contributed by atoms with Gasteiger partial charge in [0.1, 0.15) is 5.60 Å². The van der Waals surface area contributed by atoms with E-state index in [0.29, 0.717) is 6.61 Å². The molecule has 3 aromatic rings. The Kier molecular flexibility index (Phi) is 7.52. The van der Waals surface area contributed by atoms with Gasteiger partial charge < -0.3 is 4.74 Å². The van der Waals surface area contributed by atoms with Crippen molar-refractivity contribution in [3.05, 3.63) is 108 Å². The summed E-state index contributed by atoms with van der Waals surface area (Å²) in [7, 11) is 0. The van der Waals surface area contributed by atoms with E-state index in [1.165, 1.54) is 11.8 Å². The molecule has 0 aliphatic carbocycles. The van der Waals surface area contributed by atoms with Crippen LogP contribution in [-0.2, 0) is 15.1 Å². The van der Waals surface area contributed by atoms with Crippen LogP contribution in [0.3, 0.4) is 0 Å². The Morgan fingerprint density at radius 2 is 1.17 bits per heavy atom. The molecule has 0 heterocycles. The molecule has 3 heteroatoms. The van der Waals surface area contributed by atoms with E-state index in [9.17, 15) is 4.79 Å². The molecule has 3 aromatic carbocycles. The molecule has 3 rings (SSSR count). The molecule has 0 aliphatic rings. The summed E-state index contributed by atoms with van der Waals surface area (Å²) in [6.07, 6.45) is 0.981. The smallest absolute Gasteiger partial charge is 0.196 e. The molecule has 0 spiro atoms. The van der Waals surface area contributed by atoms with Crippen LogP contribution in [-0.4, -0.2) is 17.5 Å². The maximum absolute atomic E-state index is 12.8. The molecular weight excluding hydrogens is 388 g/mol. The summed E-state index contributed by atoms with van der Waals surface area (Å²) < 4.78 is 6.82. The van der Waals surface area contributed by atoms with E-state index in [-0.39, 0.29) is 5.12 Å². The SMILES string of the molecule is CCCSC(=O)C(C)(C)COC(c1ccccc1)(c1ccccc1)c1ccccc1. The fourth-order valence-corrected chi connectivity index (χ4v) is 4.35. The highest BCUT2D eigenvalue weighted by Crippen LogP contribution is 2.42. The molecule has 0 saturated heterocycles. The van der Waals surface area contributed by atoms with Crippen LogP contribution in [0, 0.1) is 5.41 Å². The topological polar surface area (TPSA) is 26.3 Å². The lowest BCUT2D eigenvalue weighted by atomic mass is 9.79. The molecule has 0 saturated carbocycles. The third kappa shape index (κ3) is 4.85. The van der Waals surface area contributed by atoms with Gasteiger partial charge in [-0.15, -0.1) is 0 Å². The van der Waals surface area contributed by atoms with Crippen LogP contribution in [0.4, 0.5) is 0 Å². The Hall–Kier alpha value is -2.36. The highest BCUT2D eigenvalue weighted by molar-refractivity contribution is 8.13. The van der Waals surface area contributed by atoms with Crippen LogP contribution >= 0.6 is 11.8 Å². The van der Waals surface area contributed by atoms with Gasteiger partial charge in [0.25, 0.3) is 0 Å². The Morgan fingerprint density at radius 1 is 0.767 bits per heavy atom. The number of rotatable bonds is 9. The van der Waals surface area contributed by atoms with Crippen molar-refractivity contribution >= 4 is 16.9 Å². The maximum Gasteiger partial charge on any atom is 0.196 e. The average Bonchev–Trinajstić information content (AvgIpc) is 2.80. The van der Waals surface area contributed by atoms with Gasteiger partial charge in [0.05, 0.1) is 12.0 Å². The molecule has 0 fully saturated rings. The molecule has 0 N–H and O–H groups in total. The molecule has 0 aromatic heterocycles. The minimum Gasteiger partial charge on any atom is -0.360 e. The lowest BCUT2D eigenvalue weighted by Gasteiger charge is -2.38. The Bertz CT molecular complexity index is 824. The third-order valence-electron chi connectivity index (χ3n) is 5.18. The standard InChI is InChI=1S/C27H30O2S/c1-4-20-30-25(28)26(2,3)21-29-27(22-14-8-5-9-15-22,23-16-10-6-11-17-23)24-18-12-7-13-19-24/h5-19H,4,20-21H2,1-3H3.